The minimum Gasteiger partial charge on any atom is -0.256 e. The van der Waals surface area contributed by atoms with Crippen LogP contribution in [-0.2, 0) is 0 Å². The van der Waals surface area contributed by atoms with Gasteiger partial charge in [-0.15, -0.1) is 0 Å². The van der Waals surface area contributed by atoms with Gasteiger partial charge in [0.1, 0.15) is 0 Å². The second kappa shape index (κ2) is 5.91. The standard InChI is InChI=1S/C19H11N3/c1-21-18-10-14(13-20)9-17(11-18)19-12-16(7-8-22-19)15-5-3-2-4-6-15/h2-12H. The zero-order valence-corrected chi connectivity index (χ0v) is 11.7. The van der Waals surface area contributed by atoms with Crippen molar-refractivity contribution in [3.63, 3.8) is 0 Å². The van der Waals surface area contributed by atoms with E-state index >= 15 is 0 Å². The minimum atomic E-state index is 0.445. The van der Waals surface area contributed by atoms with Crippen LogP contribution in [0.1, 0.15) is 5.56 Å². The molecule has 0 saturated heterocycles. The van der Waals surface area contributed by atoms with Crippen molar-refractivity contribution >= 4 is 5.69 Å². The van der Waals surface area contributed by atoms with E-state index in [-0.39, 0.29) is 0 Å². The highest BCUT2D eigenvalue weighted by atomic mass is 14.7. The predicted molar refractivity (Wildman–Crippen MR) is 86.1 cm³/mol. The molecule has 0 radical (unpaired) electrons. The first kappa shape index (κ1) is 13.5. The van der Waals surface area contributed by atoms with Crippen molar-refractivity contribution in [2.45, 2.75) is 0 Å². The van der Waals surface area contributed by atoms with Crippen LogP contribution in [0.5, 0.6) is 0 Å². The molecule has 0 aliphatic rings. The highest BCUT2D eigenvalue weighted by molar-refractivity contribution is 5.73. The molecule has 3 rings (SSSR count). The van der Waals surface area contributed by atoms with E-state index in [0.717, 1.165) is 22.4 Å². The van der Waals surface area contributed by atoms with Gasteiger partial charge in [0, 0.05) is 11.8 Å². The van der Waals surface area contributed by atoms with Gasteiger partial charge in [-0.2, -0.15) is 5.26 Å². The van der Waals surface area contributed by atoms with Gasteiger partial charge >= 0.3 is 0 Å². The number of pyridine rings is 1. The summed E-state index contributed by atoms with van der Waals surface area (Å²) in [4.78, 5) is 7.79. The van der Waals surface area contributed by atoms with Crippen molar-refractivity contribution in [2.24, 2.45) is 0 Å². The number of hydrogen-bond acceptors (Lipinski definition) is 2. The van der Waals surface area contributed by atoms with E-state index in [4.69, 9.17) is 11.8 Å². The molecule has 3 nitrogen and oxygen atoms in total. The first-order valence-electron chi connectivity index (χ1n) is 6.74. The molecule has 0 atom stereocenters. The Morgan fingerprint density at radius 1 is 0.909 bits per heavy atom. The van der Waals surface area contributed by atoms with Gasteiger partial charge in [0.05, 0.1) is 18.3 Å². The topological polar surface area (TPSA) is 41.0 Å². The predicted octanol–water partition coefficient (Wildman–Crippen LogP) is 4.84. The number of nitriles is 1. The molecule has 0 unspecified atom stereocenters. The molecule has 2 aromatic carbocycles. The lowest BCUT2D eigenvalue weighted by atomic mass is 10.0. The lowest BCUT2D eigenvalue weighted by Crippen LogP contribution is -1.86. The molecule has 0 bridgehead atoms. The summed E-state index contributed by atoms with van der Waals surface area (Å²) in [6.07, 6.45) is 1.74. The number of hydrogen-bond donors (Lipinski definition) is 0. The Morgan fingerprint density at radius 3 is 2.45 bits per heavy atom. The van der Waals surface area contributed by atoms with E-state index in [1.54, 1.807) is 24.4 Å². The lowest BCUT2D eigenvalue weighted by molar-refractivity contribution is 1.32. The van der Waals surface area contributed by atoms with E-state index in [9.17, 15) is 0 Å². The van der Waals surface area contributed by atoms with Crippen molar-refractivity contribution in [1.82, 2.24) is 4.98 Å². The van der Waals surface area contributed by atoms with Gasteiger partial charge in [-0.3, -0.25) is 4.98 Å². The monoisotopic (exact) mass is 281 g/mol. The number of aromatic nitrogens is 1. The van der Waals surface area contributed by atoms with Crippen molar-refractivity contribution < 1.29 is 0 Å². The van der Waals surface area contributed by atoms with Crippen LogP contribution in [0, 0.1) is 17.9 Å². The van der Waals surface area contributed by atoms with Crippen molar-refractivity contribution in [3.05, 3.63) is 83.8 Å². The van der Waals surface area contributed by atoms with Crippen molar-refractivity contribution in [1.29, 1.82) is 5.26 Å². The van der Waals surface area contributed by atoms with Crippen LogP contribution in [0.25, 0.3) is 27.2 Å². The maximum absolute atomic E-state index is 9.09. The molecule has 3 aromatic rings. The summed E-state index contributed by atoms with van der Waals surface area (Å²) in [5, 5.41) is 9.09. The van der Waals surface area contributed by atoms with Gasteiger partial charge in [-0.1, -0.05) is 30.3 Å². The molecule has 102 valence electrons. The Bertz CT molecular complexity index is 868. The lowest BCUT2D eigenvalue weighted by Gasteiger charge is -2.06. The summed E-state index contributed by atoms with van der Waals surface area (Å²) >= 11 is 0. The Morgan fingerprint density at radius 2 is 1.73 bits per heavy atom. The second-order valence-electron chi connectivity index (χ2n) is 4.79. The Labute approximate surface area is 128 Å². The molecule has 0 amide bonds. The third kappa shape index (κ3) is 2.70. The Hall–Kier alpha value is -3.43. The fourth-order valence-corrected chi connectivity index (χ4v) is 2.29. The number of benzene rings is 2. The van der Waals surface area contributed by atoms with Gasteiger partial charge in [0.25, 0.3) is 0 Å². The molecule has 0 N–H and O–H groups in total. The quantitative estimate of drug-likeness (QED) is 0.631. The zero-order valence-electron chi connectivity index (χ0n) is 11.7. The van der Waals surface area contributed by atoms with Gasteiger partial charge in [-0.05, 0) is 47.0 Å². The fraction of sp³-hybridized carbons (Fsp3) is 0. The van der Waals surface area contributed by atoms with E-state index < -0.39 is 0 Å². The van der Waals surface area contributed by atoms with Crippen LogP contribution < -0.4 is 0 Å². The molecule has 22 heavy (non-hydrogen) atoms. The molecule has 1 aromatic heterocycles. The SMILES string of the molecule is [C-]#[N+]c1cc(C#N)cc(-c2cc(-c3ccccc3)ccn2)c1. The van der Waals surface area contributed by atoms with Gasteiger partial charge in [-0.25, -0.2) is 4.85 Å². The summed E-state index contributed by atoms with van der Waals surface area (Å²) in [5.74, 6) is 0. The third-order valence-corrected chi connectivity index (χ3v) is 3.34. The van der Waals surface area contributed by atoms with Gasteiger partial charge in [0.15, 0.2) is 5.69 Å². The molecule has 0 spiro atoms. The van der Waals surface area contributed by atoms with Crippen LogP contribution >= 0.6 is 0 Å². The van der Waals surface area contributed by atoms with Crippen molar-refractivity contribution in [3.8, 4) is 28.5 Å². The largest absolute Gasteiger partial charge is 0.256 e. The fourth-order valence-electron chi connectivity index (χ4n) is 2.29. The van der Waals surface area contributed by atoms with Crippen molar-refractivity contribution in [2.75, 3.05) is 0 Å². The first-order chi connectivity index (χ1) is 10.8. The highest BCUT2D eigenvalue weighted by Gasteiger charge is 2.06. The molecule has 1 heterocycles. The van der Waals surface area contributed by atoms with Crippen LogP contribution in [0.4, 0.5) is 5.69 Å². The molecule has 0 aliphatic heterocycles. The molecular weight excluding hydrogens is 270 g/mol. The van der Waals surface area contributed by atoms with Gasteiger partial charge < -0.3 is 0 Å². The Kier molecular flexibility index (Phi) is 3.64. The second-order valence-corrected chi connectivity index (χ2v) is 4.79. The average Bonchev–Trinajstić information content (AvgIpc) is 2.62. The summed E-state index contributed by atoms with van der Waals surface area (Å²) in [5.41, 5.74) is 4.60. The van der Waals surface area contributed by atoms with E-state index in [1.807, 2.05) is 42.5 Å². The summed E-state index contributed by atoms with van der Waals surface area (Å²) in [7, 11) is 0. The van der Waals surface area contributed by atoms with E-state index in [2.05, 4.69) is 15.9 Å². The normalized spacial score (nSPS) is 9.73. The number of nitrogens with zero attached hydrogens (tertiary/aromatic N) is 3. The molecule has 3 heteroatoms. The molecule has 0 fully saturated rings. The average molecular weight is 281 g/mol. The van der Waals surface area contributed by atoms with Crippen LogP contribution in [0.2, 0.25) is 0 Å². The summed E-state index contributed by atoms with van der Waals surface area (Å²) < 4.78 is 0. The maximum atomic E-state index is 9.09. The maximum Gasteiger partial charge on any atom is 0.189 e. The zero-order chi connectivity index (χ0) is 15.4. The Balaban J connectivity index is 2.11. The van der Waals surface area contributed by atoms with E-state index in [1.165, 1.54) is 0 Å². The molecule has 0 saturated carbocycles. The number of rotatable bonds is 2. The smallest absolute Gasteiger partial charge is 0.189 e. The van der Waals surface area contributed by atoms with Crippen LogP contribution in [0.3, 0.4) is 0 Å². The minimum absolute atomic E-state index is 0.445. The first-order valence-corrected chi connectivity index (χ1v) is 6.74. The van der Waals surface area contributed by atoms with Crippen LogP contribution in [0.15, 0.2) is 66.9 Å². The van der Waals surface area contributed by atoms with E-state index in [0.29, 0.717) is 11.3 Å². The highest BCUT2D eigenvalue weighted by Crippen LogP contribution is 2.28. The summed E-state index contributed by atoms with van der Waals surface area (Å²) in [6.45, 7) is 7.15. The van der Waals surface area contributed by atoms with Crippen LogP contribution in [-0.4, -0.2) is 4.98 Å². The third-order valence-electron chi connectivity index (χ3n) is 3.34. The molecular formula is C19H11N3. The molecule has 0 aliphatic carbocycles. The van der Waals surface area contributed by atoms with Gasteiger partial charge in [0.2, 0.25) is 0 Å². The summed E-state index contributed by atoms with van der Waals surface area (Å²) in [6, 6.07) is 21.1.